The van der Waals surface area contributed by atoms with Crippen molar-refractivity contribution in [1.29, 1.82) is 0 Å². The van der Waals surface area contributed by atoms with E-state index in [-0.39, 0.29) is 10.7 Å². The summed E-state index contributed by atoms with van der Waals surface area (Å²) < 4.78 is 27.5. The number of rotatable bonds is 4. The number of hydrazine groups is 1. The zero-order valence-corrected chi connectivity index (χ0v) is 13.1. The molecule has 106 valence electrons. The van der Waals surface area contributed by atoms with Gasteiger partial charge in [0.25, 0.3) is 10.0 Å². The number of sulfonamides is 1. The number of hydrogen-bond donors (Lipinski definition) is 3. The number of halogens is 2. The van der Waals surface area contributed by atoms with Crippen molar-refractivity contribution in [2.75, 3.05) is 10.1 Å². The van der Waals surface area contributed by atoms with Crippen LogP contribution in [0.5, 0.6) is 0 Å². The maximum absolute atomic E-state index is 12.2. The molecular weight excluding hydrogens is 368 g/mol. The molecule has 0 aliphatic carbocycles. The smallest absolute Gasteiger partial charge is 0.262 e. The molecule has 0 fully saturated rings. The molecule has 0 aliphatic heterocycles. The maximum Gasteiger partial charge on any atom is 0.262 e. The van der Waals surface area contributed by atoms with Gasteiger partial charge in [-0.2, -0.15) is 0 Å². The number of anilines is 2. The summed E-state index contributed by atoms with van der Waals surface area (Å²) in [7, 11) is -3.74. The molecule has 2 rings (SSSR count). The van der Waals surface area contributed by atoms with Crippen LogP contribution in [0.1, 0.15) is 0 Å². The lowest BCUT2D eigenvalue weighted by molar-refractivity contribution is 0.601. The molecule has 1 aromatic carbocycles. The molecule has 0 spiro atoms. The Labute approximate surface area is 129 Å². The van der Waals surface area contributed by atoms with E-state index in [1.165, 1.54) is 18.3 Å². The Hall–Kier alpha value is -1.35. The molecule has 0 saturated heterocycles. The zero-order chi connectivity index (χ0) is 14.8. The van der Waals surface area contributed by atoms with E-state index >= 15 is 0 Å². The minimum atomic E-state index is -3.74. The van der Waals surface area contributed by atoms with Crippen LogP contribution in [0.15, 0.2) is 45.9 Å². The SMILES string of the molecule is NNc1cc(S(=O)(=O)Nc2ccc(Cl)cc2Br)ccn1. The zero-order valence-electron chi connectivity index (χ0n) is 9.97. The van der Waals surface area contributed by atoms with Gasteiger partial charge in [-0.05, 0) is 40.2 Å². The number of benzene rings is 1. The van der Waals surface area contributed by atoms with Crippen molar-refractivity contribution in [2.24, 2.45) is 5.84 Å². The van der Waals surface area contributed by atoms with Gasteiger partial charge in [-0.3, -0.25) is 4.72 Å². The van der Waals surface area contributed by atoms with Gasteiger partial charge in [-0.1, -0.05) is 11.6 Å². The van der Waals surface area contributed by atoms with E-state index in [2.05, 4.69) is 31.1 Å². The van der Waals surface area contributed by atoms with Crippen LogP contribution in [-0.4, -0.2) is 13.4 Å². The summed E-state index contributed by atoms with van der Waals surface area (Å²) >= 11 is 9.05. The third-order valence-electron chi connectivity index (χ3n) is 2.37. The van der Waals surface area contributed by atoms with Gasteiger partial charge in [0.05, 0.1) is 10.6 Å². The Morgan fingerprint density at radius 3 is 2.65 bits per heavy atom. The van der Waals surface area contributed by atoms with E-state index in [0.29, 0.717) is 15.2 Å². The van der Waals surface area contributed by atoms with E-state index in [1.54, 1.807) is 18.2 Å². The topological polar surface area (TPSA) is 97.1 Å². The quantitative estimate of drug-likeness (QED) is 0.562. The average Bonchev–Trinajstić information content (AvgIpc) is 2.42. The first-order valence-corrected chi connectivity index (χ1v) is 7.98. The van der Waals surface area contributed by atoms with Gasteiger partial charge in [0.2, 0.25) is 0 Å². The highest BCUT2D eigenvalue weighted by Gasteiger charge is 2.16. The lowest BCUT2D eigenvalue weighted by atomic mass is 10.3. The maximum atomic E-state index is 12.2. The van der Waals surface area contributed by atoms with Crippen molar-refractivity contribution in [2.45, 2.75) is 4.90 Å². The summed E-state index contributed by atoms with van der Waals surface area (Å²) in [6.45, 7) is 0. The molecule has 1 heterocycles. The highest BCUT2D eigenvalue weighted by atomic mass is 79.9. The number of nitrogen functional groups attached to an aromatic ring is 1. The van der Waals surface area contributed by atoms with E-state index in [4.69, 9.17) is 17.4 Å². The van der Waals surface area contributed by atoms with E-state index in [0.717, 1.165) is 0 Å². The summed E-state index contributed by atoms with van der Waals surface area (Å²) in [4.78, 5) is 3.90. The molecule has 0 radical (unpaired) electrons. The normalized spacial score (nSPS) is 11.2. The second kappa shape index (κ2) is 5.96. The van der Waals surface area contributed by atoms with Gasteiger partial charge in [0.1, 0.15) is 5.82 Å². The Morgan fingerprint density at radius 2 is 2.00 bits per heavy atom. The van der Waals surface area contributed by atoms with Crippen LogP contribution in [0.3, 0.4) is 0 Å². The molecule has 0 amide bonds. The van der Waals surface area contributed by atoms with Crippen LogP contribution < -0.4 is 16.0 Å². The number of hydrogen-bond acceptors (Lipinski definition) is 5. The first kappa shape index (κ1) is 15.0. The van der Waals surface area contributed by atoms with Gasteiger partial charge in [0.15, 0.2) is 0 Å². The fourth-order valence-corrected chi connectivity index (χ4v) is 3.44. The largest absolute Gasteiger partial charge is 0.308 e. The van der Waals surface area contributed by atoms with Crippen molar-refractivity contribution >= 4 is 49.1 Å². The highest BCUT2D eigenvalue weighted by Crippen LogP contribution is 2.28. The van der Waals surface area contributed by atoms with Crippen LogP contribution in [0.4, 0.5) is 11.5 Å². The molecule has 0 unspecified atom stereocenters. The summed E-state index contributed by atoms with van der Waals surface area (Å²) in [6, 6.07) is 7.44. The summed E-state index contributed by atoms with van der Waals surface area (Å²) in [5.41, 5.74) is 2.67. The average molecular weight is 378 g/mol. The Kier molecular flexibility index (Phi) is 4.48. The van der Waals surface area contributed by atoms with E-state index < -0.39 is 10.0 Å². The van der Waals surface area contributed by atoms with Crippen molar-refractivity contribution in [3.8, 4) is 0 Å². The molecule has 0 saturated carbocycles. The highest BCUT2D eigenvalue weighted by molar-refractivity contribution is 9.10. The standard InChI is InChI=1S/C11H10BrClN4O2S/c12-9-5-7(13)1-2-10(9)17-20(18,19)8-3-4-15-11(6-8)16-14/h1-6,17H,14H2,(H,15,16). The molecular formula is C11H10BrClN4O2S. The molecule has 4 N–H and O–H groups in total. The fourth-order valence-electron chi connectivity index (χ4n) is 1.43. The van der Waals surface area contributed by atoms with Gasteiger partial charge in [0, 0.05) is 21.8 Å². The van der Waals surface area contributed by atoms with Crippen molar-refractivity contribution in [3.63, 3.8) is 0 Å². The van der Waals surface area contributed by atoms with E-state index in [1.807, 2.05) is 0 Å². The van der Waals surface area contributed by atoms with Crippen molar-refractivity contribution in [3.05, 3.63) is 46.0 Å². The predicted molar refractivity (Wildman–Crippen MR) is 82.0 cm³/mol. The number of nitrogens with two attached hydrogens (primary N) is 1. The summed E-state index contributed by atoms with van der Waals surface area (Å²) in [6.07, 6.45) is 1.35. The van der Waals surface area contributed by atoms with Gasteiger partial charge in [-0.15, -0.1) is 0 Å². The third kappa shape index (κ3) is 3.40. The third-order valence-corrected chi connectivity index (χ3v) is 4.62. The number of aromatic nitrogens is 1. The fraction of sp³-hybridized carbons (Fsp3) is 0. The van der Waals surface area contributed by atoms with E-state index in [9.17, 15) is 8.42 Å². The number of nitrogens with one attached hydrogen (secondary N) is 2. The van der Waals surface area contributed by atoms with Gasteiger partial charge < -0.3 is 5.43 Å². The van der Waals surface area contributed by atoms with Crippen LogP contribution in [0, 0.1) is 0 Å². The van der Waals surface area contributed by atoms with Crippen LogP contribution in [0.25, 0.3) is 0 Å². The predicted octanol–water partition coefficient (Wildman–Crippen LogP) is 2.58. The first-order valence-electron chi connectivity index (χ1n) is 5.33. The molecule has 9 heteroatoms. The second-order valence-electron chi connectivity index (χ2n) is 3.75. The molecule has 6 nitrogen and oxygen atoms in total. The molecule has 1 aromatic heterocycles. The Bertz CT molecular complexity index is 739. The van der Waals surface area contributed by atoms with Crippen molar-refractivity contribution in [1.82, 2.24) is 4.98 Å². The molecule has 2 aromatic rings. The summed E-state index contributed by atoms with van der Waals surface area (Å²) in [5.74, 6) is 5.46. The van der Waals surface area contributed by atoms with Crippen LogP contribution >= 0.6 is 27.5 Å². The molecule has 20 heavy (non-hydrogen) atoms. The van der Waals surface area contributed by atoms with Crippen LogP contribution in [-0.2, 0) is 10.0 Å². The second-order valence-corrected chi connectivity index (χ2v) is 6.72. The minimum Gasteiger partial charge on any atom is -0.308 e. The number of pyridine rings is 1. The monoisotopic (exact) mass is 376 g/mol. The molecule has 0 bridgehead atoms. The molecule has 0 atom stereocenters. The minimum absolute atomic E-state index is 0.0438. The van der Waals surface area contributed by atoms with Crippen LogP contribution in [0.2, 0.25) is 5.02 Å². The lowest BCUT2D eigenvalue weighted by Crippen LogP contribution is -2.15. The van der Waals surface area contributed by atoms with Gasteiger partial charge in [-0.25, -0.2) is 19.2 Å². The molecule has 0 aliphatic rings. The van der Waals surface area contributed by atoms with Gasteiger partial charge >= 0.3 is 0 Å². The Balaban J connectivity index is 2.35. The summed E-state index contributed by atoms with van der Waals surface area (Å²) in [5, 5.41) is 0.498. The first-order chi connectivity index (χ1) is 9.42. The lowest BCUT2D eigenvalue weighted by Gasteiger charge is -2.10. The Morgan fingerprint density at radius 1 is 1.25 bits per heavy atom. The number of nitrogens with zero attached hydrogens (tertiary/aromatic N) is 1. The van der Waals surface area contributed by atoms with Crippen molar-refractivity contribution < 1.29 is 8.42 Å².